The van der Waals surface area contributed by atoms with E-state index in [9.17, 15) is 4.79 Å². The van der Waals surface area contributed by atoms with Gasteiger partial charge in [-0.25, -0.2) is 4.79 Å². The summed E-state index contributed by atoms with van der Waals surface area (Å²) < 4.78 is 10.1. The topological polar surface area (TPSA) is 35.5 Å². The summed E-state index contributed by atoms with van der Waals surface area (Å²) in [5.41, 5.74) is 1.91. The number of rotatable bonds is 4. The Kier molecular flexibility index (Phi) is 3.39. The fraction of sp³-hybridized carbons (Fsp3) is 0.632. The first-order valence-corrected chi connectivity index (χ1v) is 8.47. The van der Waals surface area contributed by atoms with E-state index in [0.717, 1.165) is 23.5 Å². The van der Waals surface area contributed by atoms with Crippen LogP contribution in [0.4, 0.5) is 0 Å². The van der Waals surface area contributed by atoms with Crippen molar-refractivity contribution in [3.63, 3.8) is 0 Å². The lowest BCUT2D eigenvalue weighted by Gasteiger charge is -2.57. The summed E-state index contributed by atoms with van der Waals surface area (Å²) in [7, 11) is 1.38. The molecule has 0 amide bonds. The van der Waals surface area contributed by atoms with Crippen LogP contribution in [0.2, 0.25) is 0 Å². The molecule has 118 valence electrons. The molecule has 4 aliphatic carbocycles. The lowest BCUT2D eigenvalue weighted by Crippen LogP contribution is -2.48. The molecule has 0 spiro atoms. The van der Waals surface area contributed by atoms with E-state index in [-0.39, 0.29) is 12.6 Å². The van der Waals surface area contributed by atoms with Crippen molar-refractivity contribution < 1.29 is 14.3 Å². The van der Waals surface area contributed by atoms with Crippen LogP contribution in [-0.4, -0.2) is 19.7 Å². The van der Waals surface area contributed by atoms with Gasteiger partial charge in [0.05, 0.1) is 7.11 Å². The largest absolute Gasteiger partial charge is 0.482 e. The molecule has 0 unspecified atom stereocenters. The first-order chi connectivity index (χ1) is 10.7. The van der Waals surface area contributed by atoms with Gasteiger partial charge in [-0.1, -0.05) is 12.1 Å². The molecule has 3 nitrogen and oxygen atoms in total. The maximum atomic E-state index is 11.1. The second-order valence-electron chi connectivity index (χ2n) is 7.59. The number of hydrogen-bond acceptors (Lipinski definition) is 3. The van der Waals surface area contributed by atoms with Crippen molar-refractivity contribution in [2.45, 2.75) is 43.9 Å². The summed E-state index contributed by atoms with van der Waals surface area (Å²) in [6.45, 7) is -0.0206. The highest BCUT2D eigenvalue weighted by molar-refractivity contribution is 5.70. The van der Waals surface area contributed by atoms with Crippen LogP contribution in [0.25, 0.3) is 0 Å². The molecule has 0 aliphatic heterocycles. The zero-order valence-corrected chi connectivity index (χ0v) is 13.2. The third kappa shape index (κ3) is 2.41. The second-order valence-corrected chi connectivity index (χ2v) is 7.59. The average Bonchev–Trinajstić information content (AvgIpc) is 2.51. The lowest BCUT2D eigenvalue weighted by molar-refractivity contribution is -0.142. The molecule has 0 aromatic heterocycles. The van der Waals surface area contributed by atoms with Gasteiger partial charge in [-0.05, 0) is 79.4 Å². The van der Waals surface area contributed by atoms with Gasteiger partial charge < -0.3 is 9.47 Å². The van der Waals surface area contributed by atoms with Crippen LogP contribution in [0.3, 0.4) is 0 Å². The number of carbonyl (C=O) groups is 1. The average molecular weight is 300 g/mol. The lowest BCUT2D eigenvalue weighted by atomic mass is 9.48. The zero-order valence-electron chi connectivity index (χ0n) is 13.2. The Bertz CT molecular complexity index is 525. The smallest absolute Gasteiger partial charge is 0.343 e. The Morgan fingerprint density at radius 1 is 1.05 bits per heavy atom. The van der Waals surface area contributed by atoms with Gasteiger partial charge in [0.1, 0.15) is 5.75 Å². The molecule has 0 radical (unpaired) electrons. The molecular weight excluding hydrogens is 276 g/mol. The predicted octanol–water partition coefficient (Wildman–Crippen LogP) is 3.71. The number of hydrogen-bond donors (Lipinski definition) is 0. The Morgan fingerprint density at radius 3 is 2.09 bits per heavy atom. The van der Waals surface area contributed by atoms with Gasteiger partial charge in [-0.2, -0.15) is 0 Å². The van der Waals surface area contributed by atoms with Crippen LogP contribution in [0.5, 0.6) is 5.75 Å². The number of methoxy groups -OCH3 is 1. The summed E-state index contributed by atoms with van der Waals surface area (Å²) in [6, 6.07) is 8.47. The van der Waals surface area contributed by atoms with Crippen molar-refractivity contribution in [3.05, 3.63) is 29.8 Å². The van der Waals surface area contributed by atoms with E-state index in [0.29, 0.717) is 5.41 Å². The van der Waals surface area contributed by atoms with E-state index in [2.05, 4.69) is 16.9 Å². The fourth-order valence-corrected chi connectivity index (χ4v) is 5.57. The summed E-state index contributed by atoms with van der Waals surface area (Å²) in [4.78, 5) is 11.1. The van der Waals surface area contributed by atoms with Crippen LogP contribution < -0.4 is 4.74 Å². The summed E-state index contributed by atoms with van der Waals surface area (Å²) in [6.07, 6.45) is 8.54. The van der Waals surface area contributed by atoms with Gasteiger partial charge in [-0.15, -0.1) is 0 Å². The van der Waals surface area contributed by atoms with Crippen LogP contribution >= 0.6 is 0 Å². The third-order valence-corrected chi connectivity index (χ3v) is 6.09. The molecule has 4 aliphatic rings. The molecule has 22 heavy (non-hydrogen) atoms. The fourth-order valence-electron chi connectivity index (χ4n) is 5.57. The summed E-state index contributed by atoms with van der Waals surface area (Å²) in [5, 5.41) is 0. The normalized spacial score (nSPS) is 35.4. The Morgan fingerprint density at radius 2 is 1.59 bits per heavy atom. The number of ether oxygens (including phenoxy) is 2. The molecular formula is C19H24O3. The molecule has 0 saturated heterocycles. The number of benzene rings is 1. The van der Waals surface area contributed by atoms with Gasteiger partial charge in [0.2, 0.25) is 0 Å². The van der Waals surface area contributed by atoms with Crippen LogP contribution in [0.1, 0.15) is 44.1 Å². The third-order valence-electron chi connectivity index (χ3n) is 6.09. The van der Waals surface area contributed by atoms with Gasteiger partial charge in [0.15, 0.2) is 6.61 Å². The second kappa shape index (κ2) is 5.29. The van der Waals surface area contributed by atoms with E-state index in [1.165, 1.54) is 51.2 Å². The molecule has 3 heteroatoms. The molecule has 0 atom stereocenters. The summed E-state index contributed by atoms with van der Waals surface area (Å²) >= 11 is 0. The SMILES string of the molecule is COC(=O)COc1ccc(C23CC4CC(CC(C4)C2)C3)cc1. The maximum absolute atomic E-state index is 11.1. The van der Waals surface area contributed by atoms with E-state index < -0.39 is 0 Å². The van der Waals surface area contributed by atoms with E-state index in [1.807, 2.05) is 12.1 Å². The molecule has 0 heterocycles. The van der Waals surface area contributed by atoms with Crippen molar-refractivity contribution in [2.75, 3.05) is 13.7 Å². The standard InChI is InChI=1S/C19H24O3/c1-21-18(20)12-22-17-4-2-16(3-5-17)19-9-13-6-14(10-19)8-15(7-13)11-19/h2-5,13-15H,6-12H2,1H3. The first kappa shape index (κ1) is 14.1. The van der Waals surface area contributed by atoms with Crippen molar-refractivity contribution in [2.24, 2.45) is 17.8 Å². The van der Waals surface area contributed by atoms with Gasteiger partial charge in [-0.3, -0.25) is 0 Å². The minimum absolute atomic E-state index is 0.0206. The van der Waals surface area contributed by atoms with Crippen molar-refractivity contribution in [1.82, 2.24) is 0 Å². The molecule has 4 fully saturated rings. The highest BCUT2D eigenvalue weighted by Gasteiger charge is 2.51. The molecule has 4 bridgehead atoms. The van der Waals surface area contributed by atoms with Crippen molar-refractivity contribution in [1.29, 1.82) is 0 Å². The van der Waals surface area contributed by atoms with Crippen molar-refractivity contribution in [3.8, 4) is 5.75 Å². The molecule has 4 saturated carbocycles. The van der Waals surface area contributed by atoms with Crippen LogP contribution in [0.15, 0.2) is 24.3 Å². The Hall–Kier alpha value is -1.51. The quantitative estimate of drug-likeness (QED) is 0.795. The number of carbonyl (C=O) groups excluding carboxylic acids is 1. The zero-order chi connectivity index (χ0) is 15.2. The molecule has 5 rings (SSSR count). The first-order valence-electron chi connectivity index (χ1n) is 8.47. The highest BCUT2D eigenvalue weighted by Crippen LogP contribution is 2.60. The van der Waals surface area contributed by atoms with Gasteiger partial charge >= 0.3 is 5.97 Å². The minimum atomic E-state index is -0.342. The molecule has 1 aromatic carbocycles. The minimum Gasteiger partial charge on any atom is -0.482 e. The van der Waals surface area contributed by atoms with Gasteiger partial charge in [0.25, 0.3) is 0 Å². The Balaban J connectivity index is 1.50. The number of esters is 1. The maximum Gasteiger partial charge on any atom is 0.343 e. The molecule has 1 aromatic rings. The van der Waals surface area contributed by atoms with Crippen molar-refractivity contribution >= 4 is 5.97 Å². The summed E-state index contributed by atoms with van der Waals surface area (Å²) in [5.74, 6) is 3.29. The molecule has 0 N–H and O–H groups in total. The van der Waals surface area contributed by atoms with E-state index in [4.69, 9.17) is 4.74 Å². The van der Waals surface area contributed by atoms with Crippen LogP contribution in [-0.2, 0) is 14.9 Å². The van der Waals surface area contributed by atoms with Crippen LogP contribution in [0, 0.1) is 17.8 Å². The monoisotopic (exact) mass is 300 g/mol. The predicted molar refractivity (Wildman–Crippen MR) is 83.8 cm³/mol. The highest BCUT2D eigenvalue weighted by atomic mass is 16.6. The van der Waals surface area contributed by atoms with E-state index >= 15 is 0 Å². The van der Waals surface area contributed by atoms with Gasteiger partial charge in [0, 0.05) is 0 Å². The Labute approximate surface area is 132 Å². The van der Waals surface area contributed by atoms with E-state index in [1.54, 1.807) is 0 Å².